The van der Waals surface area contributed by atoms with Crippen molar-refractivity contribution in [1.29, 1.82) is 0 Å². The van der Waals surface area contributed by atoms with Crippen LogP contribution in [0.1, 0.15) is 12.8 Å². The second-order valence-corrected chi connectivity index (χ2v) is 5.10. The Morgan fingerprint density at radius 3 is 2.79 bits per heavy atom. The molecule has 0 aliphatic carbocycles. The molecule has 4 N–H and O–H groups in total. The summed E-state index contributed by atoms with van der Waals surface area (Å²) in [5.74, 6) is -0.170. The first-order valence-corrected chi connectivity index (χ1v) is 6.34. The van der Waals surface area contributed by atoms with Crippen LogP contribution in [0.5, 0.6) is 0 Å². The molecule has 1 unspecified atom stereocenters. The summed E-state index contributed by atoms with van der Waals surface area (Å²) in [7, 11) is -3.99. The Morgan fingerprint density at radius 2 is 2.29 bits per heavy atom. The van der Waals surface area contributed by atoms with Crippen LogP contribution < -0.4 is 10.6 Å². The van der Waals surface area contributed by atoms with Crippen LogP contribution in [0.25, 0.3) is 0 Å². The summed E-state index contributed by atoms with van der Waals surface area (Å²) >= 11 is 0. The number of carbonyl (C=O) groups is 1. The number of rotatable bonds is 4. The van der Waals surface area contributed by atoms with Gasteiger partial charge in [-0.2, -0.15) is 0 Å². The topological polar surface area (TPSA) is 98.7 Å². The molecule has 0 spiro atoms. The lowest BCUT2D eigenvalue weighted by molar-refractivity contribution is -0.122. The third-order valence-electron chi connectivity index (χ3n) is 2.08. The molecular formula is C7H15N2O4P. The number of hydrogen-bond donors (Lipinski definition) is 4. The van der Waals surface area contributed by atoms with Crippen molar-refractivity contribution in [1.82, 2.24) is 10.6 Å². The standard InChI is InChI=1S/C7H15N2O4P/c10-7(6-2-1-3-8-6)9-4-5-14(11,12)13/h6,8H,1-5H2,(H,9,10)(H2,11,12,13). The first kappa shape index (κ1) is 11.7. The molecular weight excluding hydrogens is 207 g/mol. The Hall–Kier alpha value is -0.420. The molecule has 1 atom stereocenters. The van der Waals surface area contributed by atoms with Gasteiger partial charge in [-0.25, -0.2) is 0 Å². The minimum absolute atomic E-state index is 0.0291. The Morgan fingerprint density at radius 1 is 1.57 bits per heavy atom. The molecule has 7 heteroatoms. The predicted molar refractivity (Wildman–Crippen MR) is 50.9 cm³/mol. The summed E-state index contributed by atoms with van der Waals surface area (Å²) < 4.78 is 10.5. The van der Waals surface area contributed by atoms with Crippen molar-refractivity contribution < 1.29 is 19.1 Å². The molecule has 82 valence electrons. The fourth-order valence-corrected chi connectivity index (χ4v) is 1.76. The molecule has 14 heavy (non-hydrogen) atoms. The highest BCUT2D eigenvalue weighted by atomic mass is 31.2. The van der Waals surface area contributed by atoms with Gasteiger partial charge in [-0.05, 0) is 19.4 Å². The lowest BCUT2D eigenvalue weighted by Gasteiger charge is -2.11. The van der Waals surface area contributed by atoms with Crippen LogP contribution in [0.2, 0.25) is 0 Å². The van der Waals surface area contributed by atoms with Crippen LogP contribution in [0.3, 0.4) is 0 Å². The molecule has 1 aliphatic heterocycles. The maximum atomic E-state index is 11.3. The zero-order valence-corrected chi connectivity index (χ0v) is 8.67. The summed E-state index contributed by atoms with van der Waals surface area (Å²) in [4.78, 5) is 28.4. The van der Waals surface area contributed by atoms with E-state index in [0.717, 1.165) is 19.4 Å². The van der Waals surface area contributed by atoms with Crippen molar-refractivity contribution in [2.45, 2.75) is 18.9 Å². The van der Waals surface area contributed by atoms with E-state index in [4.69, 9.17) is 9.79 Å². The van der Waals surface area contributed by atoms with Gasteiger partial charge in [-0.15, -0.1) is 0 Å². The molecule has 1 saturated heterocycles. The zero-order chi connectivity index (χ0) is 10.6. The molecule has 0 aromatic carbocycles. The number of hydrogen-bond acceptors (Lipinski definition) is 3. The van der Waals surface area contributed by atoms with Crippen molar-refractivity contribution in [3.63, 3.8) is 0 Å². The van der Waals surface area contributed by atoms with Gasteiger partial charge in [0.25, 0.3) is 0 Å². The van der Waals surface area contributed by atoms with Gasteiger partial charge in [0.1, 0.15) is 0 Å². The van der Waals surface area contributed by atoms with Crippen molar-refractivity contribution in [3.05, 3.63) is 0 Å². The smallest absolute Gasteiger partial charge is 0.327 e. The van der Waals surface area contributed by atoms with Crippen LogP contribution in [0, 0.1) is 0 Å². The van der Waals surface area contributed by atoms with Gasteiger partial charge in [0.15, 0.2) is 0 Å². The minimum Gasteiger partial charge on any atom is -0.354 e. The third kappa shape index (κ3) is 4.19. The molecule has 0 radical (unpaired) electrons. The monoisotopic (exact) mass is 222 g/mol. The Kier molecular flexibility index (Phi) is 4.07. The SMILES string of the molecule is O=C(NCCP(=O)(O)O)C1CCCN1. The second-order valence-electron chi connectivity index (χ2n) is 3.33. The molecule has 1 aliphatic rings. The molecule has 6 nitrogen and oxygen atoms in total. The molecule has 0 aromatic heterocycles. The Balaban J connectivity index is 2.18. The fraction of sp³-hybridized carbons (Fsp3) is 0.857. The quantitative estimate of drug-likeness (QED) is 0.459. The van der Waals surface area contributed by atoms with Gasteiger partial charge >= 0.3 is 7.60 Å². The van der Waals surface area contributed by atoms with Gasteiger partial charge in [-0.3, -0.25) is 9.36 Å². The van der Waals surface area contributed by atoms with Crippen LogP contribution in [0.15, 0.2) is 0 Å². The van der Waals surface area contributed by atoms with E-state index in [0.29, 0.717) is 0 Å². The summed E-state index contributed by atoms with van der Waals surface area (Å²) in [6, 6.07) is -0.188. The molecule has 0 saturated carbocycles. The highest BCUT2D eigenvalue weighted by Gasteiger charge is 2.22. The average molecular weight is 222 g/mol. The molecule has 1 heterocycles. The van der Waals surface area contributed by atoms with Crippen LogP contribution in [0.4, 0.5) is 0 Å². The van der Waals surface area contributed by atoms with Gasteiger partial charge < -0.3 is 20.4 Å². The van der Waals surface area contributed by atoms with Crippen molar-refractivity contribution in [2.24, 2.45) is 0 Å². The molecule has 1 fully saturated rings. The first-order valence-electron chi connectivity index (χ1n) is 4.55. The van der Waals surface area contributed by atoms with E-state index in [2.05, 4.69) is 10.6 Å². The number of carbonyl (C=O) groups excluding carboxylic acids is 1. The Bertz CT molecular complexity index is 246. The third-order valence-corrected chi connectivity index (χ3v) is 2.89. The average Bonchev–Trinajstić information content (AvgIpc) is 2.53. The lowest BCUT2D eigenvalue weighted by atomic mass is 10.2. The zero-order valence-electron chi connectivity index (χ0n) is 7.77. The maximum Gasteiger partial charge on any atom is 0.327 e. The van der Waals surface area contributed by atoms with Gasteiger partial charge in [-0.1, -0.05) is 0 Å². The van der Waals surface area contributed by atoms with Crippen molar-refractivity contribution >= 4 is 13.5 Å². The van der Waals surface area contributed by atoms with Crippen LogP contribution >= 0.6 is 7.60 Å². The first-order chi connectivity index (χ1) is 6.49. The summed E-state index contributed by atoms with van der Waals surface area (Å²) in [6.45, 7) is 0.859. The molecule has 1 rings (SSSR count). The fourth-order valence-electron chi connectivity index (χ4n) is 1.36. The second kappa shape index (κ2) is 4.89. The maximum absolute atomic E-state index is 11.3. The van der Waals surface area contributed by atoms with Crippen LogP contribution in [-0.4, -0.2) is 41.0 Å². The van der Waals surface area contributed by atoms with Gasteiger partial charge in [0, 0.05) is 6.54 Å². The van der Waals surface area contributed by atoms with E-state index in [-0.39, 0.29) is 24.7 Å². The normalized spacial score (nSPS) is 22.3. The van der Waals surface area contributed by atoms with Crippen molar-refractivity contribution in [2.75, 3.05) is 19.3 Å². The van der Waals surface area contributed by atoms with E-state index < -0.39 is 7.60 Å². The highest BCUT2D eigenvalue weighted by molar-refractivity contribution is 7.51. The Labute approximate surface area is 82.2 Å². The van der Waals surface area contributed by atoms with Crippen LogP contribution in [-0.2, 0) is 9.36 Å². The number of nitrogens with one attached hydrogen (secondary N) is 2. The van der Waals surface area contributed by atoms with E-state index in [1.165, 1.54) is 0 Å². The lowest BCUT2D eigenvalue weighted by Crippen LogP contribution is -2.41. The molecule has 1 amide bonds. The van der Waals surface area contributed by atoms with E-state index in [1.54, 1.807) is 0 Å². The van der Waals surface area contributed by atoms with E-state index in [9.17, 15) is 9.36 Å². The molecule has 0 aromatic rings. The largest absolute Gasteiger partial charge is 0.354 e. The summed E-state index contributed by atoms with van der Waals surface area (Å²) in [5.41, 5.74) is 0. The van der Waals surface area contributed by atoms with E-state index in [1.807, 2.05) is 0 Å². The minimum atomic E-state index is -3.99. The number of amides is 1. The van der Waals surface area contributed by atoms with Gasteiger partial charge in [0.2, 0.25) is 5.91 Å². The van der Waals surface area contributed by atoms with Gasteiger partial charge in [0.05, 0.1) is 12.2 Å². The van der Waals surface area contributed by atoms with Crippen molar-refractivity contribution in [3.8, 4) is 0 Å². The summed E-state index contributed by atoms with van der Waals surface area (Å²) in [6.07, 6.45) is 1.46. The predicted octanol–water partition coefficient (Wildman–Crippen LogP) is -0.968. The summed E-state index contributed by atoms with van der Waals surface area (Å²) in [5, 5.41) is 5.49. The molecule has 0 bridgehead atoms. The highest BCUT2D eigenvalue weighted by Crippen LogP contribution is 2.32. The van der Waals surface area contributed by atoms with E-state index >= 15 is 0 Å².